The Morgan fingerprint density at radius 2 is 0.914 bits per heavy atom. The second kappa shape index (κ2) is 15.1. The molecule has 2 aliphatic heterocycles. The van der Waals surface area contributed by atoms with Gasteiger partial charge in [-0.25, -0.2) is 0 Å². The fraction of sp³-hybridized carbons (Fsp3) is 0.377. The highest BCUT2D eigenvalue weighted by atomic mass is 16.3. The molecule has 2 aromatic heterocycles. The fourth-order valence-electron chi connectivity index (χ4n) is 18.1. The maximum absolute atomic E-state index is 7.40. The summed E-state index contributed by atoms with van der Waals surface area (Å²) in [5.41, 5.74) is 31.4. The largest absolute Gasteiger partial charge is 0.456 e. The van der Waals surface area contributed by atoms with E-state index >= 15 is 0 Å². The van der Waals surface area contributed by atoms with Crippen LogP contribution in [0, 0.1) is 6.92 Å². The van der Waals surface area contributed by atoms with Gasteiger partial charge in [-0.2, -0.15) is 0 Å². The molecule has 0 atom stereocenters. The highest BCUT2D eigenvalue weighted by molar-refractivity contribution is 7.00. The van der Waals surface area contributed by atoms with Crippen LogP contribution in [0.5, 0.6) is 0 Å². The lowest BCUT2D eigenvalue weighted by atomic mass is 9.33. The minimum atomic E-state index is -0.239. The van der Waals surface area contributed by atoms with Crippen molar-refractivity contribution in [2.45, 2.75) is 187 Å². The Kier molecular flexibility index (Phi) is 9.30. The molecular weight excluding hydrogens is 980 g/mol. The molecule has 3 nitrogen and oxygen atoms in total. The van der Waals surface area contributed by atoms with E-state index in [0.29, 0.717) is 0 Å². The van der Waals surface area contributed by atoms with Crippen molar-refractivity contribution in [2.75, 3.05) is 4.90 Å². The molecule has 0 saturated carbocycles. The number of aromatic nitrogens is 1. The van der Waals surface area contributed by atoms with E-state index in [9.17, 15) is 0 Å². The van der Waals surface area contributed by atoms with E-state index in [-0.39, 0.29) is 50.0 Å². The number of fused-ring (bicyclic) bond motifs is 14. The summed E-state index contributed by atoms with van der Waals surface area (Å²) in [7, 11) is 0. The zero-order valence-electron chi connectivity index (χ0n) is 51.3. The van der Waals surface area contributed by atoms with Gasteiger partial charge in [0.2, 0.25) is 0 Å². The van der Waals surface area contributed by atoms with Gasteiger partial charge in [0, 0.05) is 55.2 Å². The number of hydrogen-bond acceptors (Lipinski definition) is 2. The lowest BCUT2D eigenvalue weighted by Gasteiger charge is -2.47. The molecule has 0 spiro atoms. The van der Waals surface area contributed by atoms with Crippen molar-refractivity contribution >= 4 is 83.9 Å². The zero-order chi connectivity index (χ0) is 56.6. The highest BCUT2D eigenvalue weighted by Gasteiger charge is 2.50. The first-order valence-electron chi connectivity index (χ1n) is 30.6. The van der Waals surface area contributed by atoms with Gasteiger partial charge in [-0.3, -0.25) is 0 Å². The van der Waals surface area contributed by atoms with E-state index in [0.717, 1.165) is 36.8 Å². The third-order valence-electron chi connectivity index (χ3n) is 23.0. The molecule has 406 valence electrons. The van der Waals surface area contributed by atoms with Crippen LogP contribution in [0.2, 0.25) is 0 Å². The Morgan fingerprint density at radius 1 is 0.395 bits per heavy atom. The summed E-state index contributed by atoms with van der Waals surface area (Å²) in [5, 5.41) is 5.32. The van der Waals surface area contributed by atoms with Crippen LogP contribution >= 0.6 is 0 Å². The van der Waals surface area contributed by atoms with Crippen molar-refractivity contribution in [1.29, 1.82) is 0 Å². The molecule has 4 heterocycles. The smallest absolute Gasteiger partial charge is 0.252 e. The highest BCUT2D eigenvalue weighted by Crippen LogP contribution is 2.58. The summed E-state index contributed by atoms with van der Waals surface area (Å²) in [6.07, 6.45) is 4.58. The molecule has 4 aliphatic carbocycles. The molecule has 0 amide bonds. The van der Waals surface area contributed by atoms with Gasteiger partial charge < -0.3 is 13.9 Å². The van der Waals surface area contributed by atoms with Crippen LogP contribution in [-0.4, -0.2) is 11.3 Å². The van der Waals surface area contributed by atoms with Crippen LogP contribution in [0.1, 0.15) is 209 Å². The predicted molar refractivity (Wildman–Crippen MR) is 344 cm³/mol. The molecule has 81 heavy (non-hydrogen) atoms. The molecule has 10 aromatic rings. The number of aryl methyl sites for hydroxylation is 1. The second-order valence-corrected chi connectivity index (χ2v) is 31.1. The van der Waals surface area contributed by atoms with Crippen LogP contribution in [0.3, 0.4) is 0 Å². The van der Waals surface area contributed by atoms with Crippen molar-refractivity contribution in [2.24, 2.45) is 0 Å². The number of furan rings is 1. The number of anilines is 3. The van der Waals surface area contributed by atoms with Crippen LogP contribution < -0.4 is 21.3 Å². The number of nitrogens with zero attached hydrogens (tertiary/aromatic N) is 2. The van der Waals surface area contributed by atoms with E-state index in [1.165, 1.54) is 144 Å². The SMILES string of the molecule is Cc1cc2c3c(c1)-n1c4cc5c(cc4c4c6c(cc7oc8ccc(c1c8c74)B3c1cc3c(cc1N2c1ccc2c(c1)C(C)(C)c1ccccc1C2(C)C)C(C)(C)c1ccccc1C3(C)C)C(C)(C)CCC6(C)C)C(C)(C)CCC5(C)C. The molecule has 8 aromatic carbocycles. The third-order valence-corrected chi connectivity index (χ3v) is 23.0. The average Bonchev–Trinajstić information content (AvgIpc) is 2.00. The Labute approximate surface area is 481 Å². The summed E-state index contributed by atoms with van der Waals surface area (Å²) < 4.78 is 10.2. The molecule has 0 saturated heterocycles. The van der Waals surface area contributed by atoms with E-state index < -0.39 is 0 Å². The van der Waals surface area contributed by atoms with Gasteiger partial charge in [0.1, 0.15) is 11.2 Å². The first kappa shape index (κ1) is 50.0. The Bertz CT molecular complexity index is 4550. The second-order valence-electron chi connectivity index (χ2n) is 31.1. The maximum Gasteiger partial charge on any atom is 0.252 e. The monoisotopic (exact) mass is 1060 g/mol. The molecule has 0 unspecified atom stereocenters. The molecule has 0 N–H and O–H groups in total. The topological polar surface area (TPSA) is 21.3 Å². The van der Waals surface area contributed by atoms with Gasteiger partial charge in [0.15, 0.2) is 0 Å². The van der Waals surface area contributed by atoms with Crippen molar-refractivity contribution in [3.05, 3.63) is 194 Å². The van der Waals surface area contributed by atoms with Crippen molar-refractivity contribution < 1.29 is 4.42 Å². The van der Waals surface area contributed by atoms with Gasteiger partial charge in [-0.1, -0.05) is 178 Å². The number of rotatable bonds is 1. The number of benzene rings is 8. The Balaban J connectivity index is 1.10. The van der Waals surface area contributed by atoms with Crippen LogP contribution in [0.4, 0.5) is 17.1 Å². The minimum absolute atomic E-state index is 0.00106. The Morgan fingerprint density at radius 3 is 1.53 bits per heavy atom. The van der Waals surface area contributed by atoms with Gasteiger partial charge in [0.25, 0.3) is 6.71 Å². The normalized spacial score (nSPS) is 20.7. The maximum atomic E-state index is 7.40. The molecule has 0 radical (unpaired) electrons. The molecular formula is C77H79BN2O. The quantitative estimate of drug-likeness (QED) is 0.153. The predicted octanol–water partition coefficient (Wildman–Crippen LogP) is 18.2. The lowest BCUT2D eigenvalue weighted by Crippen LogP contribution is -2.61. The first-order chi connectivity index (χ1) is 38.1. The van der Waals surface area contributed by atoms with Gasteiger partial charge in [-0.05, 0) is 203 Å². The van der Waals surface area contributed by atoms with E-state index in [1.807, 2.05) is 0 Å². The Hall–Kier alpha value is -6.78. The van der Waals surface area contributed by atoms with Crippen molar-refractivity contribution in [3.8, 4) is 5.69 Å². The average molecular weight is 1060 g/mol. The zero-order valence-corrected chi connectivity index (χ0v) is 51.3. The van der Waals surface area contributed by atoms with Crippen LogP contribution in [0.15, 0.2) is 126 Å². The molecule has 0 bridgehead atoms. The summed E-state index contributed by atoms with van der Waals surface area (Å²) in [6.45, 7) is 42.0. The van der Waals surface area contributed by atoms with Crippen LogP contribution in [0.25, 0.3) is 49.4 Å². The molecule has 16 rings (SSSR count). The summed E-state index contributed by atoms with van der Waals surface area (Å²) in [5.74, 6) is 0. The van der Waals surface area contributed by atoms with Crippen LogP contribution in [-0.2, 0) is 43.3 Å². The molecule has 4 heteroatoms. The van der Waals surface area contributed by atoms with Gasteiger partial charge >= 0.3 is 0 Å². The van der Waals surface area contributed by atoms with E-state index in [4.69, 9.17) is 4.42 Å². The molecule has 6 aliphatic rings. The van der Waals surface area contributed by atoms with Gasteiger partial charge in [0.05, 0.1) is 16.4 Å². The summed E-state index contributed by atoms with van der Waals surface area (Å²) >= 11 is 0. The third kappa shape index (κ3) is 6.08. The lowest BCUT2D eigenvalue weighted by molar-refractivity contribution is 0.332. The summed E-state index contributed by atoms with van der Waals surface area (Å²) in [4.78, 5) is 2.72. The van der Waals surface area contributed by atoms with E-state index in [1.54, 1.807) is 0 Å². The number of hydrogen-bond donors (Lipinski definition) is 0. The summed E-state index contributed by atoms with van der Waals surface area (Å²) in [6, 6.07) is 49.3. The standard InChI is InChI=1S/C77H79BN2O/c1-42-34-60-68-61(35-42)80-58-39-51-50(70(2,3)30-31-71(51,4)5)37-44(58)64-65-63(41-55-67(64)73(8,9)33-32-72(55,6)7)81-62-29-28-56(69(80)66(62)65)78(68)57-38-53-54(77(16,17)48-25-21-20-24-47(48)76(53,14)15)40-59(57)79(60)43-26-27-49-52(36-43)75(12,13)46-23-19-18-22-45(46)74(49,10)11/h18-29,34-41H,30-33H2,1-17H3. The fourth-order valence-corrected chi connectivity index (χ4v) is 18.1. The van der Waals surface area contributed by atoms with Crippen molar-refractivity contribution in [1.82, 2.24) is 4.57 Å². The molecule has 0 fully saturated rings. The van der Waals surface area contributed by atoms with E-state index in [2.05, 4.69) is 248 Å². The first-order valence-corrected chi connectivity index (χ1v) is 30.6. The van der Waals surface area contributed by atoms with Gasteiger partial charge in [-0.15, -0.1) is 0 Å². The minimum Gasteiger partial charge on any atom is -0.456 e. The van der Waals surface area contributed by atoms with Crippen molar-refractivity contribution in [3.63, 3.8) is 0 Å².